The van der Waals surface area contributed by atoms with Crippen molar-refractivity contribution in [2.45, 2.75) is 26.4 Å². The molecule has 0 aliphatic carbocycles. The van der Waals surface area contributed by atoms with Crippen molar-refractivity contribution in [3.8, 4) is 5.75 Å². The summed E-state index contributed by atoms with van der Waals surface area (Å²) in [5, 5.41) is 11.6. The van der Waals surface area contributed by atoms with Crippen LogP contribution in [0.3, 0.4) is 0 Å². The third-order valence-corrected chi connectivity index (χ3v) is 5.75. The van der Waals surface area contributed by atoms with Crippen molar-refractivity contribution >= 4 is 29.1 Å². The third-order valence-electron chi connectivity index (χ3n) is 5.43. The Balaban J connectivity index is 1.88. The smallest absolute Gasteiger partial charge is 0.296 e. The van der Waals surface area contributed by atoms with E-state index in [0.29, 0.717) is 28.7 Å². The number of halogens is 1. The van der Waals surface area contributed by atoms with Gasteiger partial charge in [-0.2, -0.15) is 0 Å². The number of hydrogen-bond donors (Lipinski definition) is 1. The molecule has 0 bridgehead atoms. The summed E-state index contributed by atoms with van der Waals surface area (Å²) >= 11 is 6.18. The van der Waals surface area contributed by atoms with Gasteiger partial charge in [-0.15, -0.1) is 0 Å². The maximum absolute atomic E-state index is 13.1. The van der Waals surface area contributed by atoms with Crippen LogP contribution in [0, 0.1) is 6.92 Å². The van der Waals surface area contributed by atoms with Gasteiger partial charge in [0.25, 0.3) is 11.7 Å². The predicted molar refractivity (Wildman–Crippen MR) is 120 cm³/mol. The van der Waals surface area contributed by atoms with E-state index in [9.17, 15) is 14.7 Å². The Kier molecular flexibility index (Phi) is 6.06. The van der Waals surface area contributed by atoms with Gasteiger partial charge in [0.15, 0.2) is 0 Å². The van der Waals surface area contributed by atoms with Gasteiger partial charge in [-0.25, -0.2) is 0 Å². The molecule has 7 heteroatoms. The second-order valence-electron chi connectivity index (χ2n) is 7.44. The molecule has 1 unspecified atom stereocenters. The molecule has 1 fully saturated rings. The van der Waals surface area contributed by atoms with Gasteiger partial charge in [0.2, 0.25) is 0 Å². The maximum atomic E-state index is 13.1. The summed E-state index contributed by atoms with van der Waals surface area (Å²) in [6, 6.07) is 14.9. The van der Waals surface area contributed by atoms with Crippen LogP contribution < -0.4 is 4.74 Å². The summed E-state index contributed by atoms with van der Waals surface area (Å²) in [4.78, 5) is 27.6. The maximum Gasteiger partial charge on any atom is 0.296 e. The van der Waals surface area contributed by atoms with E-state index in [1.54, 1.807) is 30.3 Å². The van der Waals surface area contributed by atoms with Gasteiger partial charge >= 0.3 is 0 Å². The molecule has 164 valence electrons. The number of amides is 1. The number of hydrogen-bond acceptors (Lipinski definition) is 5. The number of ketones is 1. The summed E-state index contributed by atoms with van der Waals surface area (Å²) in [5.74, 6) is -0.812. The van der Waals surface area contributed by atoms with Gasteiger partial charge < -0.3 is 19.2 Å². The molecular formula is C25H22ClNO5. The molecule has 1 saturated heterocycles. The van der Waals surface area contributed by atoms with E-state index < -0.39 is 17.7 Å². The number of aliphatic hydroxyl groups is 1. The fraction of sp³-hybridized carbons (Fsp3) is 0.200. The number of Topliss-reactive ketones (excluding diaryl/α,β-unsaturated/α-hetero) is 1. The summed E-state index contributed by atoms with van der Waals surface area (Å²) < 4.78 is 10.9. The highest BCUT2D eigenvalue weighted by Gasteiger charge is 2.46. The first kappa shape index (κ1) is 21.7. The minimum atomic E-state index is -0.771. The number of furan rings is 1. The SMILES string of the molecule is CCOc1cc(/C(O)=C2\C(=O)C(=O)N(Cc3ccco3)C2c2ccccc2C)ccc1Cl. The molecule has 0 radical (unpaired) electrons. The molecule has 1 aromatic heterocycles. The lowest BCUT2D eigenvalue weighted by atomic mass is 9.92. The van der Waals surface area contributed by atoms with Crippen LogP contribution in [-0.2, 0) is 16.1 Å². The van der Waals surface area contributed by atoms with E-state index in [1.165, 1.54) is 11.2 Å². The largest absolute Gasteiger partial charge is 0.507 e. The number of aliphatic hydroxyl groups excluding tert-OH is 1. The van der Waals surface area contributed by atoms with Crippen LogP contribution in [0.4, 0.5) is 0 Å². The summed E-state index contributed by atoms with van der Waals surface area (Å²) in [6.45, 7) is 4.21. The fourth-order valence-corrected chi connectivity index (χ4v) is 4.07. The molecule has 1 N–H and O–H groups in total. The topological polar surface area (TPSA) is 80.0 Å². The first-order valence-corrected chi connectivity index (χ1v) is 10.6. The molecule has 1 atom stereocenters. The summed E-state index contributed by atoms with van der Waals surface area (Å²) in [7, 11) is 0. The van der Waals surface area contributed by atoms with Gasteiger partial charge in [-0.1, -0.05) is 35.9 Å². The zero-order chi connectivity index (χ0) is 22.8. The number of ether oxygens (including phenoxy) is 1. The quantitative estimate of drug-likeness (QED) is 0.314. The third kappa shape index (κ3) is 3.89. The summed E-state index contributed by atoms with van der Waals surface area (Å²) in [5.41, 5.74) is 1.99. The lowest BCUT2D eigenvalue weighted by Crippen LogP contribution is -2.29. The zero-order valence-corrected chi connectivity index (χ0v) is 18.4. The Hall–Kier alpha value is -3.51. The first-order valence-electron chi connectivity index (χ1n) is 10.2. The molecule has 1 aliphatic heterocycles. The molecular weight excluding hydrogens is 430 g/mol. The Morgan fingerprint density at radius 3 is 2.62 bits per heavy atom. The van der Waals surface area contributed by atoms with Crippen LogP contribution in [0.15, 0.2) is 70.9 Å². The molecule has 2 heterocycles. The van der Waals surface area contributed by atoms with Gasteiger partial charge in [0.05, 0.1) is 36.1 Å². The normalized spacial score (nSPS) is 17.7. The first-order chi connectivity index (χ1) is 15.4. The highest BCUT2D eigenvalue weighted by molar-refractivity contribution is 6.46. The van der Waals surface area contributed by atoms with Crippen molar-refractivity contribution in [3.05, 3.63) is 93.9 Å². The van der Waals surface area contributed by atoms with Gasteiger partial charge in [-0.05, 0) is 55.3 Å². The van der Waals surface area contributed by atoms with Crippen molar-refractivity contribution < 1.29 is 23.8 Å². The van der Waals surface area contributed by atoms with Crippen molar-refractivity contribution in [2.75, 3.05) is 6.61 Å². The Morgan fingerprint density at radius 1 is 1.16 bits per heavy atom. The van der Waals surface area contributed by atoms with E-state index in [0.717, 1.165) is 11.1 Å². The average molecular weight is 452 g/mol. The van der Waals surface area contributed by atoms with Gasteiger partial charge in [-0.3, -0.25) is 9.59 Å². The Bertz CT molecular complexity index is 1200. The molecule has 2 aromatic carbocycles. The monoisotopic (exact) mass is 451 g/mol. The van der Waals surface area contributed by atoms with E-state index in [2.05, 4.69) is 0 Å². The fourth-order valence-electron chi connectivity index (χ4n) is 3.90. The van der Waals surface area contributed by atoms with Crippen molar-refractivity contribution in [1.82, 2.24) is 4.90 Å². The number of carbonyl (C=O) groups is 2. The molecule has 3 aromatic rings. The zero-order valence-electron chi connectivity index (χ0n) is 17.7. The number of likely N-dealkylation sites (tertiary alicyclic amines) is 1. The van der Waals surface area contributed by atoms with Crippen molar-refractivity contribution in [3.63, 3.8) is 0 Å². The average Bonchev–Trinajstić information content (AvgIpc) is 3.38. The number of nitrogens with zero attached hydrogens (tertiary/aromatic N) is 1. The second kappa shape index (κ2) is 8.93. The lowest BCUT2D eigenvalue weighted by molar-refractivity contribution is -0.140. The number of aryl methyl sites for hydroxylation is 1. The van der Waals surface area contributed by atoms with E-state index >= 15 is 0 Å². The molecule has 4 rings (SSSR count). The van der Waals surface area contributed by atoms with Crippen molar-refractivity contribution in [2.24, 2.45) is 0 Å². The predicted octanol–water partition coefficient (Wildman–Crippen LogP) is 5.26. The lowest BCUT2D eigenvalue weighted by Gasteiger charge is -2.25. The van der Waals surface area contributed by atoms with E-state index in [1.807, 2.05) is 38.1 Å². The van der Waals surface area contributed by atoms with Crippen molar-refractivity contribution in [1.29, 1.82) is 0 Å². The molecule has 1 amide bonds. The minimum Gasteiger partial charge on any atom is -0.507 e. The van der Waals surface area contributed by atoms with Gasteiger partial charge in [0, 0.05) is 5.56 Å². The van der Waals surface area contributed by atoms with Crippen LogP contribution in [0.5, 0.6) is 5.75 Å². The highest BCUT2D eigenvalue weighted by atomic mass is 35.5. The van der Waals surface area contributed by atoms with Crippen LogP contribution >= 0.6 is 11.6 Å². The molecule has 6 nitrogen and oxygen atoms in total. The van der Waals surface area contributed by atoms with Crippen LogP contribution in [0.2, 0.25) is 5.02 Å². The number of carbonyl (C=O) groups excluding carboxylic acids is 2. The van der Waals surface area contributed by atoms with Crippen LogP contribution in [0.25, 0.3) is 5.76 Å². The molecule has 32 heavy (non-hydrogen) atoms. The Morgan fingerprint density at radius 2 is 1.94 bits per heavy atom. The van der Waals surface area contributed by atoms with E-state index in [-0.39, 0.29) is 17.9 Å². The molecule has 1 aliphatic rings. The van der Waals surface area contributed by atoms with Crippen LogP contribution in [-0.4, -0.2) is 28.3 Å². The van der Waals surface area contributed by atoms with Crippen LogP contribution in [0.1, 0.15) is 35.4 Å². The van der Waals surface area contributed by atoms with E-state index in [4.69, 9.17) is 20.8 Å². The number of benzene rings is 2. The summed E-state index contributed by atoms with van der Waals surface area (Å²) in [6.07, 6.45) is 1.51. The Labute approximate surface area is 190 Å². The second-order valence-corrected chi connectivity index (χ2v) is 7.85. The highest BCUT2D eigenvalue weighted by Crippen LogP contribution is 2.42. The number of rotatable bonds is 6. The standard InChI is InChI=1S/C25H22ClNO5/c1-3-31-20-13-16(10-11-19(20)26)23(28)21-22(18-9-5-4-7-15(18)2)27(25(30)24(21)29)14-17-8-6-12-32-17/h4-13,22,28H,3,14H2,1-2H3/b23-21+. The molecule has 0 spiro atoms. The molecule has 0 saturated carbocycles. The minimum absolute atomic E-state index is 0.0145. The van der Waals surface area contributed by atoms with Gasteiger partial charge in [0.1, 0.15) is 17.3 Å².